The van der Waals surface area contributed by atoms with Gasteiger partial charge in [-0.05, 0) is 37.6 Å². The lowest BCUT2D eigenvalue weighted by atomic mass is 9.91. The summed E-state index contributed by atoms with van der Waals surface area (Å²) >= 11 is 5.77. The molecule has 0 radical (unpaired) electrons. The summed E-state index contributed by atoms with van der Waals surface area (Å²) in [5.74, 6) is -0.388. The van der Waals surface area contributed by atoms with E-state index in [4.69, 9.17) is 11.6 Å². The Labute approximate surface area is 112 Å². The molecule has 0 bridgehead atoms. The van der Waals surface area contributed by atoms with Crippen LogP contribution in [0.1, 0.15) is 31.2 Å². The molecule has 1 aromatic rings. The molecular formula is C14H19ClFNO. The van der Waals surface area contributed by atoms with E-state index < -0.39 is 0 Å². The highest BCUT2D eigenvalue weighted by Crippen LogP contribution is 2.24. The Morgan fingerprint density at radius 1 is 1.39 bits per heavy atom. The van der Waals surface area contributed by atoms with Crippen LogP contribution in [0.2, 0.25) is 5.02 Å². The number of halogens is 2. The largest absolute Gasteiger partial charge is 0.391 e. The Hall–Kier alpha value is -0.640. The highest BCUT2D eigenvalue weighted by Gasteiger charge is 2.26. The van der Waals surface area contributed by atoms with Gasteiger partial charge in [-0.2, -0.15) is 0 Å². The Morgan fingerprint density at radius 3 is 2.78 bits per heavy atom. The van der Waals surface area contributed by atoms with Gasteiger partial charge in [0.25, 0.3) is 0 Å². The Kier molecular flexibility index (Phi) is 4.60. The summed E-state index contributed by atoms with van der Waals surface area (Å²) in [4.78, 5) is 2.13. The van der Waals surface area contributed by atoms with Gasteiger partial charge in [-0.1, -0.05) is 30.5 Å². The van der Waals surface area contributed by atoms with Gasteiger partial charge in [0, 0.05) is 12.6 Å². The van der Waals surface area contributed by atoms with Crippen molar-refractivity contribution < 1.29 is 9.50 Å². The fraction of sp³-hybridized carbons (Fsp3) is 0.571. The molecule has 0 heterocycles. The monoisotopic (exact) mass is 271 g/mol. The summed E-state index contributed by atoms with van der Waals surface area (Å²) in [5.41, 5.74) is 0.974. The third kappa shape index (κ3) is 3.22. The van der Waals surface area contributed by atoms with E-state index >= 15 is 0 Å². The predicted molar refractivity (Wildman–Crippen MR) is 71.1 cm³/mol. The molecule has 1 aliphatic rings. The molecule has 0 aliphatic heterocycles. The standard InChI is InChI=1S/C14H19ClFNO/c1-17(13-4-2-3-5-14(13)18)9-10-6-7-12(16)11(15)8-10/h6-8,13-14,18H,2-5,9H2,1H3. The van der Waals surface area contributed by atoms with Crippen molar-refractivity contribution in [2.24, 2.45) is 0 Å². The van der Waals surface area contributed by atoms with Crippen LogP contribution in [0.25, 0.3) is 0 Å². The number of hydrogen-bond acceptors (Lipinski definition) is 2. The average Bonchev–Trinajstić information content (AvgIpc) is 2.34. The van der Waals surface area contributed by atoms with Crippen molar-refractivity contribution in [2.45, 2.75) is 44.4 Å². The van der Waals surface area contributed by atoms with Crippen molar-refractivity contribution in [3.05, 3.63) is 34.6 Å². The third-order valence-corrected chi connectivity index (χ3v) is 3.97. The van der Waals surface area contributed by atoms with Gasteiger partial charge in [0.2, 0.25) is 0 Å². The van der Waals surface area contributed by atoms with Crippen molar-refractivity contribution in [2.75, 3.05) is 7.05 Å². The number of nitrogens with zero attached hydrogens (tertiary/aromatic N) is 1. The van der Waals surface area contributed by atoms with Gasteiger partial charge >= 0.3 is 0 Å². The summed E-state index contributed by atoms with van der Waals surface area (Å²) in [6.07, 6.45) is 3.91. The molecule has 0 amide bonds. The van der Waals surface area contributed by atoms with E-state index in [0.29, 0.717) is 6.54 Å². The summed E-state index contributed by atoms with van der Waals surface area (Å²) in [6.45, 7) is 0.682. The molecule has 2 unspecified atom stereocenters. The number of aliphatic hydroxyl groups is 1. The minimum absolute atomic E-state index is 0.157. The molecule has 0 spiro atoms. The van der Waals surface area contributed by atoms with Gasteiger partial charge in [0.1, 0.15) is 5.82 Å². The molecule has 1 saturated carbocycles. The minimum Gasteiger partial charge on any atom is -0.391 e. The molecule has 2 atom stereocenters. The molecule has 1 aliphatic carbocycles. The highest BCUT2D eigenvalue weighted by atomic mass is 35.5. The zero-order valence-electron chi connectivity index (χ0n) is 10.6. The third-order valence-electron chi connectivity index (χ3n) is 3.68. The van der Waals surface area contributed by atoms with Crippen LogP contribution in [0.15, 0.2) is 18.2 Å². The van der Waals surface area contributed by atoms with Crippen LogP contribution >= 0.6 is 11.6 Å². The zero-order valence-corrected chi connectivity index (χ0v) is 11.3. The fourth-order valence-electron chi connectivity index (χ4n) is 2.65. The smallest absolute Gasteiger partial charge is 0.141 e. The molecule has 4 heteroatoms. The van der Waals surface area contributed by atoms with Crippen molar-refractivity contribution in [1.29, 1.82) is 0 Å². The summed E-state index contributed by atoms with van der Waals surface area (Å²) in [5, 5.41) is 10.1. The first kappa shape index (κ1) is 13.8. The summed E-state index contributed by atoms with van der Waals surface area (Å²) < 4.78 is 13.1. The number of aliphatic hydroxyl groups excluding tert-OH is 1. The molecule has 0 aromatic heterocycles. The van der Waals surface area contributed by atoms with Gasteiger partial charge in [-0.3, -0.25) is 4.90 Å². The maximum atomic E-state index is 13.1. The van der Waals surface area contributed by atoms with Crippen LogP contribution in [-0.2, 0) is 6.54 Å². The minimum atomic E-state index is -0.388. The van der Waals surface area contributed by atoms with Crippen molar-refractivity contribution in [3.63, 3.8) is 0 Å². The van der Waals surface area contributed by atoms with E-state index in [1.54, 1.807) is 12.1 Å². The molecular weight excluding hydrogens is 253 g/mol. The molecule has 100 valence electrons. The zero-order chi connectivity index (χ0) is 13.1. The van der Waals surface area contributed by atoms with Crippen LogP contribution in [-0.4, -0.2) is 29.2 Å². The molecule has 0 saturated heterocycles. The molecule has 1 N–H and O–H groups in total. The van der Waals surface area contributed by atoms with Crippen LogP contribution in [0, 0.1) is 5.82 Å². The molecule has 2 rings (SSSR count). The van der Waals surface area contributed by atoms with Gasteiger partial charge in [0.15, 0.2) is 0 Å². The quantitative estimate of drug-likeness (QED) is 0.913. The molecule has 1 aromatic carbocycles. The average molecular weight is 272 g/mol. The summed E-state index contributed by atoms with van der Waals surface area (Å²) in [6, 6.07) is 4.99. The van der Waals surface area contributed by atoms with Gasteiger partial charge in [-0.25, -0.2) is 4.39 Å². The van der Waals surface area contributed by atoms with E-state index in [9.17, 15) is 9.50 Å². The van der Waals surface area contributed by atoms with E-state index in [0.717, 1.165) is 31.2 Å². The lowest BCUT2D eigenvalue weighted by Gasteiger charge is -2.35. The normalized spacial score (nSPS) is 24.5. The number of benzene rings is 1. The molecule has 1 fully saturated rings. The Bertz CT molecular complexity index is 413. The second kappa shape index (κ2) is 6.00. The van der Waals surface area contributed by atoms with Crippen LogP contribution in [0.3, 0.4) is 0 Å². The second-order valence-electron chi connectivity index (χ2n) is 5.08. The Morgan fingerprint density at radius 2 is 2.11 bits per heavy atom. The van der Waals surface area contributed by atoms with E-state index in [1.807, 2.05) is 7.05 Å². The highest BCUT2D eigenvalue weighted by molar-refractivity contribution is 6.30. The lowest BCUT2D eigenvalue weighted by molar-refractivity contribution is 0.0288. The van der Waals surface area contributed by atoms with Crippen molar-refractivity contribution >= 4 is 11.6 Å². The first-order valence-corrected chi connectivity index (χ1v) is 6.78. The van der Waals surface area contributed by atoms with Crippen molar-refractivity contribution in [3.8, 4) is 0 Å². The number of likely N-dealkylation sites (N-methyl/N-ethyl adjacent to an activating group) is 1. The van der Waals surface area contributed by atoms with Gasteiger partial charge < -0.3 is 5.11 Å². The fourth-order valence-corrected chi connectivity index (χ4v) is 2.85. The first-order valence-electron chi connectivity index (χ1n) is 6.40. The van der Waals surface area contributed by atoms with Gasteiger partial charge in [0.05, 0.1) is 11.1 Å². The topological polar surface area (TPSA) is 23.5 Å². The SMILES string of the molecule is CN(Cc1ccc(F)c(Cl)c1)C1CCCCC1O. The van der Waals surface area contributed by atoms with Crippen LogP contribution < -0.4 is 0 Å². The Balaban J connectivity index is 2.01. The molecule has 2 nitrogen and oxygen atoms in total. The van der Waals surface area contributed by atoms with Crippen molar-refractivity contribution in [1.82, 2.24) is 4.90 Å². The van der Waals surface area contributed by atoms with Crippen LogP contribution in [0.4, 0.5) is 4.39 Å². The van der Waals surface area contributed by atoms with E-state index in [1.165, 1.54) is 6.07 Å². The number of rotatable bonds is 3. The van der Waals surface area contributed by atoms with Crippen LogP contribution in [0.5, 0.6) is 0 Å². The van der Waals surface area contributed by atoms with Gasteiger partial charge in [-0.15, -0.1) is 0 Å². The maximum Gasteiger partial charge on any atom is 0.141 e. The second-order valence-corrected chi connectivity index (χ2v) is 5.49. The molecule has 18 heavy (non-hydrogen) atoms. The summed E-state index contributed by atoms with van der Waals surface area (Å²) in [7, 11) is 2.00. The van der Waals surface area contributed by atoms with E-state index in [2.05, 4.69) is 4.90 Å². The predicted octanol–water partition coefficient (Wildman–Crippen LogP) is 3.21. The van der Waals surface area contributed by atoms with E-state index in [-0.39, 0.29) is 23.0 Å². The maximum absolute atomic E-state index is 13.1. The number of hydrogen-bond donors (Lipinski definition) is 1. The lowest BCUT2D eigenvalue weighted by Crippen LogP contribution is -2.42. The first-order chi connectivity index (χ1) is 8.58.